The van der Waals surface area contributed by atoms with E-state index >= 15 is 0 Å². The van der Waals surface area contributed by atoms with Gasteiger partial charge in [0.05, 0.1) is 24.4 Å². The fourth-order valence-corrected chi connectivity index (χ4v) is 2.43. The molecule has 9 N–H and O–H groups in total. The quantitative estimate of drug-likeness (QED) is 0.362. The molecule has 0 aromatic carbocycles. The number of hydrogen-bond donors (Lipinski definition) is 5. The lowest BCUT2D eigenvalue weighted by atomic mass is 9.96. The minimum absolute atomic E-state index is 0.00463. The molecule has 1 aliphatic heterocycles. The molecule has 7 heteroatoms. The van der Waals surface area contributed by atoms with E-state index < -0.39 is 0 Å². The van der Waals surface area contributed by atoms with Gasteiger partial charge in [-0.3, -0.25) is 4.99 Å². The van der Waals surface area contributed by atoms with Crippen LogP contribution in [0.3, 0.4) is 0 Å². The summed E-state index contributed by atoms with van der Waals surface area (Å²) in [7, 11) is 0. The van der Waals surface area contributed by atoms with Crippen molar-refractivity contribution in [1.82, 2.24) is 0 Å². The fraction of sp³-hybridized carbons (Fsp3) is 0.786. The van der Waals surface area contributed by atoms with Gasteiger partial charge in [-0.2, -0.15) is 0 Å². The van der Waals surface area contributed by atoms with E-state index in [1.54, 1.807) is 0 Å². The van der Waals surface area contributed by atoms with Gasteiger partial charge in [-0.05, 0) is 25.7 Å². The molecule has 0 aromatic heterocycles. The predicted molar refractivity (Wildman–Crippen MR) is 84.1 cm³/mol. The first kappa shape index (κ1) is 17.7. The second-order valence-electron chi connectivity index (χ2n) is 5.48. The average Bonchev–Trinajstić information content (AvgIpc) is 2.94. The molecular weight excluding hydrogens is 270 g/mol. The summed E-state index contributed by atoms with van der Waals surface area (Å²) in [6.45, 7) is 0.105. The highest BCUT2D eigenvalue weighted by Gasteiger charge is 2.20. The lowest BCUT2D eigenvalue weighted by Crippen LogP contribution is -2.25. The molecule has 1 saturated carbocycles. The number of rotatable bonds is 3. The first-order valence-corrected chi connectivity index (χ1v) is 7.59. The number of nitrogens with zero attached hydrogens (tertiary/aromatic N) is 1. The van der Waals surface area contributed by atoms with Gasteiger partial charge in [0.2, 0.25) is 0 Å². The molecule has 21 heavy (non-hydrogen) atoms. The fourth-order valence-electron chi connectivity index (χ4n) is 2.43. The first-order valence-electron chi connectivity index (χ1n) is 7.59. The molecule has 2 rings (SSSR count). The molecule has 1 heterocycles. The minimum atomic E-state index is -0.132. The van der Waals surface area contributed by atoms with Gasteiger partial charge in [0.15, 0.2) is 0 Å². The Labute approximate surface area is 126 Å². The van der Waals surface area contributed by atoms with Gasteiger partial charge in [0.1, 0.15) is 12.1 Å². The number of hydrogen-bond acceptors (Lipinski definition) is 6. The monoisotopic (exact) mass is 299 g/mol. The van der Waals surface area contributed by atoms with Crippen molar-refractivity contribution >= 4 is 5.84 Å². The zero-order chi connectivity index (χ0) is 15.7. The Morgan fingerprint density at radius 1 is 1.14 bits per heavy atom. The Morgan fingerprint density at radius 2 is 1.81 bits per heavy atom. The molecule has 2 aliphatic rings. The van der Waals surface area contributed by atoms with Crippen LogP contribution in [0.25, 0.3) is 0 Å². The molecule has 0 amide bonds. The maximum absolute atomic E-state index is 8.50. The van der Waals surface area contributed by atoms with Gasteiger partial charge in [-0.25, -0.2) is 0 Å². The van der Waals surface area contributed by atoms with E-state index in [1.807, 2.05) is 0 Å². The predicted octanol–water partition coefficient (Wildman–Crippen LogP) is -0.122. The normalized spacial score (nSPS) is 28.1. The van der Waals surface area contributed by atoms with E-state index in [2.05, 4.69) is 4.99 Å². The molecule has 7 nitrogen and oxygen atoms in total. The van der Waals surface area contributed by atoms with Gasteiger partial charge < -0.3 is 32.8 Å². The molecule has 0 bridgehead atoms. The summed E-state index contributed by atoms with van der Waals surface area (Å²) >= 11 is 0. The molecule has 122 valence electrons. The molecule has 2 atom stereocenters. The molecule has 1 aliphatic carbocycles. The summed E-state index contributed by atoms with van der Waals surface area (Å²) in [4.78, 5) is 4.33. The van der Waals surface area contributed by atoms with Gasteiger partial charge >= 0.3 is 0 Å². The second kappa shape index (κ2) is 9.59. The van der Waals surface area contributed by atoms with Crippen LogP contribution in [-0.2, 0) is 4.74 Å². The van der Waals surface area contributed by atoms with Crippen LogP contribution in [0.15, 0.2) is 16.9 Å². The standard InChI is InChI=1S/C9H18N4.C5H11NO2/c10-6-8(11)9(12)13-7-4-2-1-3-5-7;6-5-2-1-4(3-7)8-5/h6-7H,1-5,10-11H2,(H2,12,13);4-5,7H,1-3,6H2/b8-6+;. The Hall–Kier alpha value is -1.31. The van der Waals surface area contributed by atoms with E-state index in [4.69, 9.17) is 32.8 Å². The Balaban J connectivity index is 0.000000235. The van der Waals surface area contributed by atoms with Gasteiger partial charge in [-0.15, -0.1) is 0 Å². The number of nitrogens with two attached hydrogens (primary N) is 4. The third-order valence-corrected chi connectivity index (χ3v) is 3.72. The molecule has 2 unspecified atom stereocenters. The zero-order valence-electron chi connectivity index (χ0n) is 12.6. The van der Waals surface area contributed by atoms with Crippen molar-refractivity contribution in [3.63, 3.8) is 0 Å². The van der Waals surface area contributed by atoms with Crippen LogP contribution in [0.2, 0.25) is 0 Å². The summed E-state index contributed by atoms with van der Waals surface area (Å²) in [5.41, 5.74) is 22.1. The number of aliphatic hydroxyl groups excluding tert-OH is 1. The molecule has 0 aromatic rings. The topological polar surface area (TPSA) is 146 Å². The Kier molecular flexibility index (Phi) is 8.11. The summed E-state index contributed by atoms with van der Waals surface area (Å²) in [6.07, 6.45) is 8.99. The third kappa shape index (κ3) is 6.79. The number of ether oxygens (including phenoxy) is 1. The Morgan fingerprint density at radius 3 is 2.24 bits per heavy atom. The number of aliphatic imine (C=N–C) groups is 1. The van der Waals surface area contributed by atoms with Crippen molar-refractivity contribution in [1.29, 1.82) is 0 Å². The van der Waals surface area contributed by atoms with Crippen LogP contribution >= 0.6 is 0 Å². The van der Waals surface area contributed by atoms with Crippen LogP contribution in [-0.4, -0.2) is 35.9 Å². The lowest BCUT2D eigenvalue weighted by Gasteiger charge is -2.18. The van der Waals surface area contributed by atoms with Gasteiger partial charge in [0.25, 0.3) is 0 Å². The largest absolute Gasteiger partial charge is 0.403 e. The van der Waals surface area contributed by atoms with Crippen molar-refractivity contribution in [3.8, 4) is 0 Å². The van der Waals surface area contributed by atoms with Crippen LogP contribution in [0.4, 0.5) is 0 Å². The van der Waals surface area contributed by atoms with Crippen molar-refractivity contribution in [2.24, 2.45) is 27.9 Å². The van der Waals surface area contributed by atoms with Crippen molar-refractivity contribution in [2.75, 3.05) is 6.61 Å². The SMILES string of the molecule is N/C=C(/N)C(N)=NC1CCCCC1.NC1CCC(CO)O1. The van der Waals surface area contributed by atoms with E-state index in [-0.39, 0.29) is 18.9 Å². The highest BCUT2D eigenvalue weighted by atomic mass is 16.5. The summed E-state index contributed by atoms with van der Waals surface area (Å²) in [6, 6.07) is 0.354. The van der Waals surface area contributed by atoms with Crippen molar-refractivity contribution in [3.05, 3.63) is 11.9 Å². The average molecular weight is 299 g/mol. The highest BCUT2D eigenvalue weighted by molar-refractivity contribution is 5.95. The van der Waals surface area contributed by atoms with E-state index in [1.165, 1.54) is 25.5 Å². The highest BCUT2D eigenvalue weighted by Crippen LogP contribution is 2.20. The van der Waals surface area contributed by atoms with Crippen LogP contribution < -0.4 is 22.9 Å². The Bertz CT molecular complexity index is 353. The molecule has 0 radical (unpaired) electrons. The molecule has 0 spiro atoms. The second-order valence-corrected chi connectivity index (χ2v) is 5.48. The maximum Gasteiger partial charge on any atom is 0.143 e. The van der Waals surface area contributed by atoms with Gasteiger partial charge in [-0.1, -0.05) is 19.3 Å². The van der Waals surface area contributed by atoms with Crippen LogP contribution in [0, 0.1) is 0 Å². The molecule has 2 fully saturated rings. The summed E-state index contributed by atoms with van der Waals surface area (Å²) in [5, 5.41) is 8.50. The van der Waals surface area contributed by atoms with Crippen LogP contribution in [0.5, 0.6) is 0 Å². The number of aliphatic hydroxyl groups is 1. The zero-order valence-corrected chi connectivity index (χ0v) is 12.6. The van der Waals surface area contributed by atoms with E-state index in [9.17, 15) is 0 Å². The summed E-state index contributed by atoms with van der Waals surface area (Å²) < 4.78 is 5.04. The number of amidine groups is 1. The van der Waals surface area contributed by atoms with Gasteiger partial charge in [0, 0.05) is 6.20 Å². The maximum atomic E-state index is 8.50. The van der Waals surface area contributed by atoms with Crippen LogP contribution in [0.1, 0.15) is 44.9 Å². The summed E-state index contributed by atoms with van der Waals surface area (Å²) in [5.74, 6) is 0.384. The molecular formula is C14H29N5O2. The first-order chi connectivity index (χ1) is 10.1. The molecule has 1 saturated heterocycles. The third-order valence-electron chi connectivity index (χ3n) is 3.72. The van der Waals surface area contributed by atoms with E-state index in [0.717, 1.165) is 25.7 Å². The van der Waals surface area contributed by atoms with Crippen molar-refractivity contribution < 1.29 is 9.84 Å². The smallest absolute Gasteiger partial charge is 0.143 e. The minimum Gasteiger partial charge on any atom is -0.403 e. The lowest BCUT2D eigenvalue weighted by molar-refractivity contribution is 0.0148. The van der Waals surface area contributed by atoms with E-state index in [0.29, 0.717) is 17.6 Å². The van der Waals surface area contributed by atoms with Crippen molar-refractivity contribution in [2.45, 2.75) is 63.3 Å².